The Hall–Kier alpha value is 0.980. The van der Waals surface area contributed by atoms with Crippen molar-refractivity contribution in [2.24, 2.45) is 0 Å². The van der Waals surface area contributed by atoms with Gasteiger partial charge in [-0.3, -0.25) is 0 Å². The second kappa shape index (κ2) is 6.17. The van der Waals surface area contributed by atoms with E-state index in [1.165, 1.54) is 0 Å². The Morgan fingerprint density at radius 3 is 0.833 bits per heavy atom. The minimum absolute atomic E-state index is 0.249. The third-order valence-corrected chi connectivity index (χ3v) is 6.41. The van der Waals surface area contributed by atoms with Gasteiger partial charge in [-0.2, -0.15) is 17.6 Å². The largest absolute Gasteiger partial charge is 0.340 e. The van der Waals surface area contributed by atoms with Crippen molar-refractivity contribution in [3.05, 3.63) is 0 Å². The molecule has 2 unspecified atom stereocenters. The van der Waals surface area contributed by atoms with Gasteiger partial charge in [0.05, 0.1) is 0 Å². The zero-order valence-electron chi connectivity index (χ0n) is 9.90. The Balaban J connectivity index is 5.89. The Morgan fingerprint density at radius 1 is 0.500 bits per heavy atom. The van der Waals surface area contributed by atoms with Gasteiger partial charge in [-0.15, -0.1) is 23.5 Å². The molecular weight excluding hydrogens is 338 g/mol. The van der Waals surface area contributed by atoms with Gasteiger partial charge in [-0.1, -0.05) is 23.5 Å². The van der Waals surface area contributed by atoms with Gasteiger partial charge >= 0.3 is 10.5 Å². The van der Waals surface area contributed by atoms with Gasteiger partial charge in [0.2, 0.25) is 0 Å². The Kier molecular flexibility index (Phi) is 6.51. The molecule has 10 heteroatoms. The molecule has 0 saturated carbocycles. The van der Waals surface area contributed by atoms with Crippen LogP contribution in [0.25, 0.3) is 0 Å². The summed E-state index contributed by atoms with van der Waals surface area (Å²) in [7, 11) is 0. The van der Waals surface area contributed by atoms with Gasteiger partial charge in [0.25, 0.3) is 10.0 Å². The van der Waals surface area contributed by atoms with Crippen molar-refractivity contribution < 1.29 is 26.3 Å². The average molecular weight is 350 g/mol. The lowest BCUT2D eigenvalue weighted by Gasteiger charge is -2.43. The molecule has 0 saturated heterocycles. The van der Waals surface area contributed by atoms with Crippen molar-refractivity contribution in [3.8, 4) is 0 Å². The van der Waals surface area contributed by atoms with Crippen molar-refractivity contribution in [2.45, 2.75) is 20.5 Å². The molecule has 0 nitrogen and oxygen atoms in total. The minimum atomic E-state index is -4.29. The first kappa shape index (κ1) is 19.0. The third-order valence-electron chi connectivity index (χ3n) is 2.24. The SMILES string of the molecule is CSC(F)(F)C(F)(SC)C(F)(SC)C(F)(F)SC. The molecule has 2 atom stereocenters. The van der Waals surface area contributed by atoms with E-state index in [1.807, 2.05) is 0 Å². The predicted molar refractivity (Wildman–Crippen MR) is 71.6 cm³/mol. The first-order valence-electron chi connectivity index (χ1n) is 4.33. The Bertz CT molecular complexity index is 261. The lowest BCUT2D eigenvalue weighted by molar-refractivity contribution is -0.124. The minimum Gasteiger partial charge on any atom is -0.219 e. The maximum atomic E-state index is 14.3. The van der Waals surface area contributed by atoms with Crippen LogP contribution in [0, 0.1) is 0 Å². The molecule has 0 heterocycles. The van der Waals surface area contributed by atoms with Crippen LogP contribution in [0.3, 0.4) is 0 Å². The van der Waals surface area contributed by atoms with Crippen molar-refractivity contribution >= 4 is 47.0 Å². The van der Waals surface area contributed by atoms with Gasteiger partial charge in [0, 0.05) is 0 Å². The normalized spacial score (nSPS) is 20.3. The molecule has 0 rings (SSSR count). The number of rotatable bonds is 7. The van der Waals surface area contributed by atoms with Crippen molar-refractivity contribution in [3.63, 3.8) is 0 Å². The van der Waals surface area contributed by atoms with Crippen LogP contribution in [0.2, 0.25) is 0 Å². The fraction of sp³-hybridized carbons (Fsp3) is 1.00. The zero-order chi connectivity index (χ0) is 14.8. The molecule has 0 bridgehead atoms. The molecule has 0 N–H and O–H groups in total. The standard InChI is InChI=1S/C8H12F6S4/c1-15-5(9,7(11,12)17-3)6(10,16-2)8(13,14)18-4/h1-4H3. The number of hydrogen-bond donors (Lipinski definition) is 0. The summed E-state index contributed by atoms with van der Waals surface area (Å²) in [5.41, 5.74) is 0. The second-order valence-electron chi connectivity index (χ2n) is 3.04. The lowest BCUT2D eigenvalue weighted by atomic mass is 10.2. The molecular formula is C8H12F6S4. The summed E-state index contributed by atoms with van der Waals surface area (Å²) in [4.78, 5) is 0. The van der Waals surface area contributed by atoms with E-state index in [2.05, 4.69) is 0 Å². The smallest absolute Gasteiger partial charge is 0.219 e. The first-order chi connectivity index (χ1) is 7.99. The van der Waals surface area contributed by atoms with Crippen LogP contribution in [0.1, 0.15) is 0 Å². The fourth-order valence-electron chi connectivity index (χ4n) is 1.14. The molecule has 0 amide bonds. The maximum absolute atomic E-state index is 14.3. The zero-order valence-corrected chi connectivity index (χ0v) is 13.2. The Labute approximate surface area is 119 Å². The summed E-state index contributed by atoms with van der Waals surface area (Å²) in [6.07, 6.45) is 3.35. The van der Waals surface area contributed by atoms with Crippen LogP contribution >= 0.6 is 47.0 Å². The van der Waals surface area contributed by atoms with E-state index in [4.69, 9.17) is 0 Å². The molecule has 0 spiro atoms. The first-order valence-corrected chi connectivity index (χ1v) is 9.23. The summed E-state index contributed by atoms with van der Waals surface area (Å²) in [5, 5.41) is -16.7. The van der Waals surface area contributed by atoms with Gasteiger partial charge in [-0.25, -0.2) is 8.78 Å². The van der Waals surface area contributed by atoms with Crippen LogP contribution in [0.4, 0.5) is 26.3 Å². The van der Waals surface area contributed by atoms with Crippen LogP contribution in [-0.4, -0.2) is 45.5 Å². The molecule has 0 fully saturated rings. The molecule has 0 aromatic rings. The van der Waals surface area contributed by atoms with Crippen molar-refractivity contribution in [2.75, 3.05) is 25.0 Å². The molecule has 0 aliphatic carbocycles. The number of thioether (sulfide) groups is 4. The highest BCUT2D eigenvalue weighted by atomic mass is 32.2. The van der Waals surface area contributed by atoms with Crippen molar-refractivity contribution in [1.82, 2.24) is 0 Å². The van der Waals surface area contributed by atoms with E-state index >= 15 is 0 Å². The van der Waals surface area contributed by atoms with Gasteiger partial charge < -0.3 is 0 Å². The third kappa shape index (κ3) is 2.71. The second-order valence-corrected chi connectivity index (χ2v) is 6.82. The topological polar surface area (TPSA) is 0 Å². The van der Waals surface area contributed by atoms with E-state index in [9.17, 15) is 26.3 Å². The lowest BCUT2D eigenvalue weighted by Crippen LogP contribution is -2.61. The molecule has 0 aliphatic rings. The maximum Gasteiger partial charge on any atom is 0.340 e. The van der Waals surface area contributed by atoms with Gasteiger partial charge in [0.1, 0.15) is 0 Å². The van der Waals surface area contributed by atoms with Gasteiger partial charge in [0.15, 0.2) is 0 Å². The number of hydrogen-bond acceptors (Lipinski definition) is 4. The van der Waals surface area contributed by atoms with Crippen LogP contribution in [0.15, 0.2) is 0 Å². The van der Waals surface area contributed by atoms with Gasteiger partial charge in [-0.05, 0) is 25.0 Å². The van der Waals surface area contributed by atoms with E-state index in [0.717, 1.165) is 25.0 Å². The summed E-state index contributed by atoms with van der Waals surface area (Å²) >= 11 is -1.09. The van der Waals surface area contributed by atoms with Crippen LogP contribution < -0.4 is 0 Å². The molecule has 18 heavy (non-hydrogen) atoms. The number of halogens is 6. The van der Waals surface area contributed by atoms with E-state index < -0.39 is 20.5 Å². The highest BCUT2D eigenvalue weighted by Crippen LogP contribution is 2.64. The van der Waals surface area contributed by atoms with Crippen LogP contribution in [-0.2, 0) is 0 Å². The number of alkyl halides is 6. The summed E-state index contributed by atoms with van der Waals surface area (Å²) in [5.74, 6) is 0. The average Bonchev–Trinajstić information content (AvgIpc) is 2.35. The summed E-state index contributed by atoms with van der Waals surface area (Å²) in [6.45, 7) is 0. The summed E-state index contributed by atoms with van der Waals surface area (Å²) in [6, 6.07) is 0. The highest BCUT2D eigenvalue weighted by molar-refractivity contribution is 8.07. The summed E-state index contributed by atoms with van der Waals surface area (Å²) < 4.78 is 82.8. The molecule has 110 valence electrons. The fourth-order valence-corrected chi connectivity index (χ4v) is 4.83. The van der Waals surface area contributed by atoms with E-state index in [0.29, 0.717) is 0 Å². The van der Waals surface area contributed by atoms with Crippen molar-refractivity contribution in [1.29, 1.82) is 0 Å². The van der Waals surface area contributed by atoms with Crippen LogP contribution in [0.5, 0.6) is 0 Å². The van der Waals surface area contributed by atoms with E-state index in [-0.39, 0.29) is 47.0 Å². The molecule has 0 aliphatic heterocycles. The molecule has 0 aromatic carbocycles. The molecule has 0 aromatic heterocycles. The predicted octanol–water partition coefficient (Wildman–Crippen LogP) is 4.96. The van der Waals surface area contributed by atoms with E-state index in [1.54, 1.807) is 0 Å². The highest BCUT2D eigenvalue weighted by Gasteiger charge is 2.77. The Morgan fingerprint density at radius 2 is 0.722 bits per heavy atom. The quantitative estimate of drug-likeness (QED) is 0.595. The monoisotopic (exact) mass is 350 g/mol. The molecule has 0 radical (unpaired) electrons.